The molecule has 0 aliphatic carbocycles. The van der Waals surface area contributed by atoms with Crippen LogP contribution in [0.2, 0.25) is 0 Å². The fraction of sp³-hybridized carbons (Fsp3) is 0.375. The summed E-state index contributed by atoms with van der Waals surface area (Å²) >= 11 is 0. The third-order valence-corrected chi connectivity index (χ3v) is 3.70. The average molecular weight is 267 g/mol. The summed E-state index contributed by atoms with van der Waals surface area (Å²) < 4.78 is 5.37. The van der Waals surface area contributed by atoms with Crippen LogP contribution in [0.3, 0.4) is 0 Å². The molecule has 0 radical (unpaired) electrons. The van der Waals surface area contributed by atoms with Crippen LogP contribution in [0.15, 0.2) is 18.2 Å². The topological polar surface area (TPSA) is 49.2 Å². The molecule has 2 heterocycles. The van der Waals surface area contributed by atoms with Gasteiger partial charge in [0.1, 0.15) is 11.9 Å². The molecular formula is C16H17N3O. The van der Waals surface area contributed by atoms with Crippen LogP contribution in [0.5, 0.6) is 0 Å². The van der Waals surface area contributed by atoms with Crippen LogP contribution in [0.4, 0.5) is 5.82 Å². The highest BCUT2D eigenvalue weighted by Crippen LogP contribution is 2.26. The Balaban J connectivity index is 2.18. The molecule has 1 fully saturated rings. The molecule has 0 atom stereocenters. The Kier molecular flexibility index (Phi) is 3.29. The number of aryl methyl sites for hydroxylation is 2. The number of nitriles is 1. The van der Waals surface area contributed by atoms with Crippen molar-refractivity contribution in [2.45, 2.75) is 13.8 Å². The normalized spacial score (nSPS) is 15.3. The molecule has 0 saturated carbocycles. The number of anilines is 1. The molecule has 0 amide bonds. The van der Waals surface area contributed by atoms with E-state index in [1.54, 1.807) is 0 Å². The lowest BCUT2D eigenvalue weighted by Crippen LogP contribution is -2.37. The molecule has 0 bridgehead atoms. The number of ether oxygens (including phenoxy) is 1. The molecule has 1 saturated heterocycles. The molecule has 2 aromatic rings. The summed E-state index contributed by atoms with van der Waals surface area (Å²) in [5.41, 5.74) is 3.96. The lowest BCUT2D eigenvalue weighted by atomic mass is 10.0. The fourth-order valence-corrected chi connectivity index (χ4v) is 2.72. The molecule has 1 aromatic carbocycles. The predicted molar refractivity (Wildman–Crippen MR) is 79.0 cm³/mol. The van der Waals surface area contributed by atoms with Crippen LogP contribution in [0.25, 0.3) is 10.9 Å². The van der Waals surface area contributed by atoms with E-state index in [4.69, 9.17) is 9.72 Å². The monoisotopic (exact) mass is 267 g/mol. The SMILES string of the molecule is Cc1cc(C)c2cc(C#N)c(N3CCOCC3)nc2c1. The molecule has 0 unspecified atom stereocenters. The molecule has 1 aliphatic rings. The van der Waals surface area contributed by atoms with Gasteiger partial charge in [-0.2, -0.15) is 5.26 Å². The summed E-state index contributed by atoms with van der Waals surface area (Å²) in [6.07, 6.45) is 0. The zero-order valence-corrected chi connectivity index (χ0v) is 11.8. The van der Waals surface area contributed by atoms with Crippen molar-refractivity contribution in [1.29, 1.82) is 5.26 Å². The van der Waals surface area contributed by atoms with Crippen LogP contribution >= 0.6 is 0 Å². The maximum Gasteiger partial charge on any atom is 0.147 e. The van der Waals surface area contributed by atoms with Crippen molar-refractivity contribution in [3.05, 3.63) is 34.9 Å². The molecule has 1 aliphatic heterocycles. The summed E-state index contributed by atoms with van der Waals surface area (Å²) in [5, 5.41) is 10.5. The minimum atomic E-state index is 0.645. The van der Waals surface area contributed by atoms with E-state index in [0.29, 0.717) is 18.8 Å². The van der Waals surface area contributed by atoms with E-state index in [2.05, 4.69) is 36.9 Å². The maximum absolute atomic E-state index is 9.41. The number of benzene rings is 1. The number of fused-ring (bicyclic) bond motifs is 1. The van der Waals surface area contributed by atoms with Crippen LogP contribution in [-0.2, 0) is 4.74 Å². The minimum absolute atomic E-state index is 0.645. The van der Waals surface area contributed by atoms with Gasteiger partial charge in [0.15, 0.2) is 0 Å². The number of aromatic nitrogens is 1. The molecule has 102 valence electrons. The number of morpholine rings is 1. The van der Waals surface area contributed by atoms with Gasteiger partial charge >= 0.3 is 0 Å². The second kappa shape index (κ2) is 5.10. The van der Waals surface area contributed by atoms with Gasteiger partial charge in [-0.3, -0.25) is 0 Å². The molecule has 3 rings (SSSR count). The van der Waals surface area contributed by atoms with Crippen molar-refractivity contribution in [2.75, 3.05) is 31.2 Å². The van der Waals surface area contributed by atoms with E-state index in [9.17, 15) is 5.26 Å². The van der Waals surface area contributed by atoms with E-state index < -0.39 is 0 Å². The van der Waals surface area contributed by atoms with Crippen molar-refractivity contribution in [3.63, 3.8) is 0 Å². The lowest BCUT2D eigenvalue weighted by Gasteiger charge is -2.28. The van der Waals surface area contributed by atoms with Crippen LogP contribution in [0, 0.1) is 25.2 Å². The van der Waals surface area contributed by atoms with Crippen LogP contribution in [-0.4, -0.2) is 31.3 Å². The Morgan fingerprint density at radius 3 is 2.65 bits per heavy atom. The zero-order valence-electron chi connectivity index (χ0n) is 11.8. The van der Waals surface area contributed by atoms with Crippen molar-refractivity contribution in [3.8, 4) is 6.07 Å². The third kappa shape index (κ3) is 2.21. The van der Waals surface area contributed by atoms with E-state index in [0.717, 1.165) is 35.4 Å². The Morgan fingerprint density at radius 1 is 1.20 bits per heavy atom. The summed E-state index contributed by atoms with van der Waals surface area (Å²) in [6.45, 7) is 7.10. The van der Waals surface area contributed by atoms with Gasteiger partial charge in [-0.25, -0.2) is 4.98 Å². The quantitative estimate of drug-likeness (QED) is 0.796. The largest absolute Gasteiger partial charge is 0.378 e. The standard InChI is InChI=1S/C16H17N3O/c1-11-7-12(2)14-9-13(10-17)16(18-15(14)8-11)19-3-5-20-6-4-19/h7-9H,3-6H2,1-2H3. The fourth-order valence-electron chi connectivity index (χ4n) is 2.72. The molecule has 1 aromatic heterocycles. The van der Waals surface area contributed by atoms with Gasteiger partial charge in [-0.1, -0.05) is 6.07 Å². The lowest BCUT2D eigenvalue weighted by molar-refractivity contribution is 0.122. The Morgan fingerprint density at radius 2 is 1.95 bits per heavy atom. The van der Waals surface area contributed by atoms with E-state index >= 15 is 0 Å². The first-order valence-electron chi connectivity index (χ1n) is 6.84. The van der Waals surface area contributed by atoms with Crippen molar-refractivity contribution >= 4 is 16.7 Å². The summed E-state index contributed by atoms with van der Waals surface area (Å²) in [5.74, 6) is 0.785. The minimum Gasteiger partial charge on any atom is -0.378 e. The molecule has 0 spiro atoms. The smallest absolute Gasteiger partial charge is 0.147 e. The molecule has 20 heavy (non-hydrogen) atoms. The van der Waals surface area contributed by atoms with Crippen LogP contribution in [0.1, 0.15) is 16.7 Å². The molecular weight excluding hydrogens is 250 g/mol. The molecule has 4 heteroatoms. The van der Waals surface area contributed by atoms with E-state index in [-0.39, 0.29) is 0 Å². The van der Waals surface area contributed by atoms with Gasteiger partial charge in [0, 0.05) is 18.5 Å². The van der Waals surface area contributed by atoms with E-state index in [1.165, 1.54) is 5.56 Å². The number of rotatable bonds is 1. The zero-order chi connectivity index (χ0) is 14.1. The molecule has 0 N–H and O–H groups in total. The Hall–Kier alpha value is -2.12. The van der Waals surface area contributed by atoms with Crippen molar-refractivity contribution < 1.29 is 4.74 Å². The summed E-state index contributed by atoms with van der Waals surface area (Å²) in [6, 6.07) is 8.44. The number of nitrogens with zero attached hydrogens (tertiary/aromatic N) is 3. The van der Waals surface area contributed by atoms with Gasteiger partial charge in [0.25, 0.3) is 0 Å². The van der Waals surface area contributed by atoms with Gasteiger partial charge in [-0.15, -0.1) is 0 Å². The highest BCUT2D eigenvalue weighted by Gasteiger charge is 2.17. The van der Waals surface area contributed by atoms with Crippen LogP contribution < -0.4 is 4.90 Å². The van der Waals surface area contributed by atoms with Gasteiger partial charge in [0.2, 0.25) is 0 Å². The Bertz CT molecular complexity index is 697. The van der Waals surface area contributed by atoms with Gasteiger partial charge < -0.3 is 9.64 Å². The maximum atomic E-state index is 9.41. The first kappa shape index (κ1) is 12.9. The first-order chi connectivity index (χ1) is 9.69. The van der Waals surface area contributed by atoms with Crippen molar-refractivity contribution in [2.24, 2.45) is 0 Å². The molecule has 4 nitrogen and oxygen atoms in total. The second-order valence-electron chi connectivity index (χ2n) is 5.22. The highest BCUT2D eigenvalue weighted by atomic mass is 16.5. The van der Waals surface area contributed by atoms with Gasteiger partial charge in [0.05, 0.1) is 24.3 Å². The second-order valence-corrected chi connectivity index (χ2v) is 5.22. The first-order valence-corrected chi connectivity index (χ1v) is 6.84. The third-order valence-electron chi connectivity index (χ3n) is 3.70. The number of hydrogen-bond donors (Lipinski definition) is 0. The Labute approximate surface area is 118 Å². The number of pyridine rings is 1. The number of hydrogen-bond acceptors (Lipinski definition) is 4. The predicted octanol–water partition coefficient (Wildman–Crippen LogP) is 2.56. The summed E-state index contributed by atoms with van der Waals surface area (Å²) in [7, 11) is 0. The summed E-state index contributed by atoms with van der Waals surface area (Å²) in [4.78, 5) is 6.88. The highest BCUT2D eigenvalue weighted by molar-refractivity contribution is 5.86. The van der Waals surface area contributed by atoms with Gasteiger partial charge in [-0.05, 0) is 37.1 Å². The van der Waals surface area contributed by atoms with Crippen molar-refractivity contribution in [1.82, 2.24) is 4.98 Å². The average Bonchev–Trinajstić information content (AvgIpc) is 2.47. The van der Waals surface area contributed by atoms with E-state index in [1.807, 2.05) is 6.07 Å².